The van der Waals surface area contributed by atoms with Crippen molar-refractivity contribution in [2.24, 2.45) is 0 Å². The molecule has 0 unspecified atom stereocenters. The second-order valence-corrected chi connectivity index (χ2v) is 5.33. The van der Waals surface area contributed by atoms with Crippen LogP contribution >= 0.6 is 0 Å². The van der Waals surface area contributed by atoms with Gasteiger partial charge in [0.2, 0.25) is 0 Å². The number of nitrogens with zero attached hydrogens (tertiary/aromatic N) is 3. The molecule has 1 aromatic carbocycles. The average molecular weight is 291 g/mol. The summed E-state index contributed by atoms with van der Waals surface area (Å²) in [7, 11) is 0. The minimum absolute atomic E-state index is 0.263. The number of aromatic nitrogens is 3. The summed E-state index contributed by atoms with van der Waals surface area (Å²) in [6.45, 7) is 2.06. The maximum atomic E-state index is 12.7. The fourth-order valence-corrected chi connectivity index (χ4v) is 2.89. The van der Waals surface area contributed by atoms with Crippen LogP contribution in [0.4, 0.5) is 0 Å². The number of imidazole rings is 1. The summed E-state index contributed by atoms with van der Waals surface area (Å²) < 4.78 is 2.94. The molecule has 0 saturated carbocycles. The van der Waals surface area contributed by atoms with E-state index in [4.69, 9.17) is 0 Å². The second kappa shape index (κ2) is 4.53. The molecular formula is C17H13N3O2. The Bertz CT molecular complexity index is 1090. The molecule has 0 spiro atoms. The van der Waals surface area contributed by atoms with Crippen molar-refractivity contribution in [1.82, 2.24) is 14.0 Å². The van der Waals surface area contributed by atoms with E-state index in [1.807, 2.05) is 30.3 Å². The van der Waals surface area contributed by atoms with E-state index in [1.165, 1.54) is 4.57 Å². The molecule has 0 aliphatic rings. The molecule has 0 amide bonds. The van der Waals surface area contributed by atoms with Crippen molar-refractivity contribution in [1.29, 1.82) is 0 Å². The maximum Gasteiger partial charge on any atom is 0.280 e. The third-order valence-electron chi connectivity index (χ3n) is 3.91. The Kier molecular flexibility index (Phi) is 2.63. The molecule has 0 fully saturated rings. The lowest BCUT2D eigenvalue weighted by Crippen LogP contribution is -2.35. The van der Waals surface area contributed by atoms with E-state index < -0.39 is 0 Å². The monoisotopic (exact) mass is 291 g/mol. The Morgan fingerprint density at radius 3 is 2.50 bits per heavy atom. The Hall–Kier alpha value is -2.95. The molecule has 0 aliphatic heterocycles. The van der Waals surface area contributed by atoms with Gasteiger partial charge in [-0.25, -0.2) is 4.98 Å². The van der Waals surface area contributed by atoms with Crippen molar-refractivity contribution in [3.05, 3.63) is 80.5 Å². The van der Waals surface area contributed by atoms with E-state index in [9.17, 15) is 9.59 Å². The number of hydrogen-bond acceptors (Lipinski definition) is 3. The Morgan fingerprint density at radius 1 is 0.955 bits per heavy atom. The largest absolute Gasteiger partial charge is 0.283 e. The van der Waals surface area contributed by atoms with Crippen LogP contribution in [-0.2, 0) is 6.54 Å². The van der Waals surface area contributed by atoms with Crippen LogP contribution in [0.3, 0.4) is 0 Å². The SMILES string of the molecule is Cc1nc2cccc3c(=O)n(Cc4ccccc4)c(=O)c1n23. The predicted molar refractivity (Wildman–Crippen MR) is 84.7 cm³/mol. The molecule has 3 aromatic heterocycles. The fourth-order valence-electron chi connectivity index (χ4n) is 2.89. The lowest BCUT2D eigenvalue weighted by molar-refractivity contribution is 0.733. The molecule has 4 rings (SSSR count). The molecule has 22 heavy (non-hydrogen) atoms. The third kappa shape index (κ3) is 1.69. The molecule has 0 N–H and O–H groups in total. The van der Waals surface area contributed by atoms with Crippen molar-refractivity contribution >= 4 is 16.7 Å². The average Bonchev–Trinajstić information content (AvgIpc) is 2.87. The van der Waals surface area contributed by atoms with Crippen LogP contribution in [0.2, 0.25) is 0 Å². The van der Waals surface area contributed by atoms with Crippen molar-refractivity contribution < 1.29 is 0 Å². The summed E-state index contributed by atoms with van der Waals surface area (Å²) in [5.41, 5.74) is 2.56. The van der Waals surface area contributed by atoms with Crippen LogP contribution in [0.1, 0.15) is 11.3 Å². The fraction of sp³-hybridized carbons (Fsp3) is 0.118. The predicted octanol–water partition coefficient (Wildman–Crippen LogP) is 1.80. The van der Waals surface area contributed by atoms with Crippen LogP contribution in [0, 0.1) is 6.92 Å². The summed E-state index contributed by atoms with van der Waals surface area (Å²) in [4.78, 5) is 29.8. The minimum Gasteiger partial charge on any atom is -0.283 e. The van der Waals surface area contributed by atoms with Gasteiger partial charge in [0.1, 0.15) is 16.7 Å². The zero-order valence-corrected chi connectivity index (χ0v) is 12.0. The number of rotatable bonds is 2. The highest BCUT2D eigenvalue weighted by Crippen LogP contribution is 2.13. The Balaban J connectivity index is 2.10. The number of aryl methyl sites for hydroxylation is 1. The molecule has 4 aromatic rings. The molecule has 0 atom stereocenters. The van der Waals surface area contributed by atoms with Crippen molar-refractivity contribution in [3.63, 3.8) is 0 Å². The van der Waals surface area contributed by atoms with Gasteiger partial charge in [-0.1, -0.05) is 36.4 Å². The van der Waals surface area contributed by atoms with Crippen LogP contribution < -0.4 is 11.1 Å². The van der Waals surface area contributed by atoms with Gasteiger partial charge in [0.15, 0.2) is 0 Å². The van der Waals surface area contributed by atoms with Crippen LogP contribution in [-0.4, -0.2) is 14.0 Å². The summed E-state index contributed by atoms with van der Waals surface area (Å²) in [6, 6.07) is 14.8. The van der Waals surface area contributed by atoms with E-state index in [0.29, 0.717) is 22.4 Å². The van der Waals surface area contributed by atoms with Crippen LogP contribution in [0.5, 0.6) is 0 Å². The molecule has 0 radical (unpaired) electrons. The molecule has 5 nitrogen and oxygen atoms in total. The smallest absolute Gasteiger partial charge is 0.280 e. The van der Waals surface area contributed by atoms with Crippen molar-refractivity contribution in [3.8, 4) is 0 Å². The first-order valence-electron chi connectivity index (χ1n) is 7.05. The van der Waals surface area contributed by atoms with Gasteiger partial charge in [-0.15, -0.1) is 0 Å². The highest BCUT2D eigenvalue weighted by Gasteiger charge is 2.17. The summed E-state index contributed by atoms with van der Waals surface area (Å²) in [5, 5.41) is 0. The number of benzene rings is 1. The molecule has 108 valence electrons. The minimum atomic E-state index is -0.294. The third-order valence-corrected chi connectivity index (χ3v) is 3.91. The topological polar surface area (TPSA) is 56.4 Å². The molecular weight excluding hydrogens is 278 g/mol. The Labute approximate surface area is 125 Å². The highest BCUT2D eigenvalue weighted by atomic mass is 16.2. The summed E-state index contributed by atoms with van der Waals surface area (Å²) in [6.07, 6.45) is 0. The van der Waals surface area contributed by atoms with Crippen LogP contribution in [0.15, 0.2) is 58.1 Å². The zero-order chi connectivity index (χ0) is 15.3. The van der Waals surface area contributed by atoms with E-state index in [0.717, 1.165) is 5.56 Å². The van der Waals surface area contributed by atoms with Gasteiger partial charge in [-0.3, -0.25) is 18.6 Å². The molecule has 0 aliphatic carbocycles. The van der Waals surface area contributed by atoms with Crippen LogP contribution in [0.25, 0.3) is 16.7 Å². The van der Waals surface area contributed by atoms with Gasteiger partial charge in [-0.2, -0.15) is 0 Å². The van der Waals surface area contributed by atoms with Gasteiger partial charge in [0.25, 0.3) is 11.1 Å². The van der Waals surface area contributed by atoms with E-state index in [1.54, 1.807) is 29.5 Å². The number of pyridine rings is 1. The highest BCUT2D eigenvalue weighted by molar-refractivity contribution is 5.69. The van der Waals surface area contributed by atoms with Crippen molar-refractivity contribution in [2.75, 3.05) is 0 Å². The first-order valence-corrected chi connectivity index (χ1v) is 7.05. The molecule has 3 heterocycles. The summed E-state index contributed by atoms with van der Waals surface area (Å²) in [5.74, 6) is 0. The van der Waals surface area contributed by atoms with Gasteiger partial charge in [0, 0.05) is 0 Å². The zero-order valence-electron chi connectivity index (χ0n) is 12.0. The quantitative estimate of drug-likeness (QED) is 0.566. The van der Waals surface area contributed by atoms with Gasteiger partial charge >= 0.3 is 0 Å². The van der Waals surface area contributed by atoms with Gasteiger partial charge in [-0.05, 0) is 24.6 Å². The molecule has 0 saturated heterocycles. The maximum absolute atomic E-state index is 12.7. The lowest BCUT2D eigenvalue weighted by atomic mass is 10.2. The van der Waals surface area contributed by atoms with Gasteiger partial charge < -0.3 is 0 Å². The number of hydrogen-bond donors (Lipinski definition) is 0. The molecule has 0 bridgehead atoms. The van der Waals surface area contributed by atoms with E-state index in [-0.39, 0.29) is 17.7 Å². The second-order valence-electron chi connectivity index (χ2n) is 5.33. The molecule has 5 heteroatoms. The first kappa shape index (κ1) is 12.8. The van der Waals surface area contributed by atoms with Gasteiger partial charge in [0.05, 0.1) is 12.2 Å². The van der Waals surface area contributed by atoms with E-state index in [2.05, 4.69) is 4.98 Å². The normalized spacial score (nSPS) is 11.5. The Morgan fingerprint density at radius 2 is 1.73 bits per heavy atom. The first-order chi connectivity index (χ1) is 10.7. The standard InChI is InChI=1S/C17H13N3O2/c1-11-15-17(22)19(10-12-6-3-2-4-7-12)16(21)13-8-5-9-14(18-11)20(13)15/h2-9H,10H2,1H3. The van der Waals surface area contributed by atoms with Crippen molar-refractivity contribution in [2.45, 2.75) is 13.5 Å². The van der Waals surface area contributed by atoms with E-state index >= 15 is 0 Å². The lowest BCUT2D eigenvalue weighted by Gasteiger charge is -2.08. The summed E-state index contributed by atoms with van der Waals surface area (Å²) >= 11 is 0.